The fourth-order valence-electron chi connectivity index (χ4n) is 3.33. The number of hydrogen-bond acceptors (Lipinski definition) is 6. The van der Waals surface area contributed by atoms with Crippen LogP contribution in [-0.4, -0.2) is 56.5 Å². The minimum absolute atomic E-state index is 0.132. The van der Waals surface area contributed by atoms with Crippen molar-refractivity contribution in [3.63, 3.8) is 0 Å². The molecule has 3 rings (SSSR count). The highest BCUT2D eigenvalue weighted by atomic mass is 16.8. The lowest BCUT2D eigenvalue weighted by Gasteiger charge is -2.25. The molecule has 1 unspecified atom stereocenters. The normalized spacial score (nSPS) is 43.6. The van der Waals surface area contributed by atoms with Gasteiger partial charge in [0.05, 0.1) is 13.2 Å². The summed E-state index contributed by atoms with van der Waals surface area (Å²) < 4.78 is 36.1. The van der Waals surface area contributed by atoms with E-state index >= 15 is 0 Å². The number of rotatable bonds is 5. The van der Waals surface area contributed by atoms with E-state index in [2.05, 4.69) is 41.5 Å². The zero-order valence-corrected chi connectivity index (χ0v) is 15.6. The fourth-order valence-corrected chi connectivity index (χ4v) is 3.33. The average molecular weight is 344 g/mol. The Kier molecular flexibility index (Phi) is 5.84. The molecule has 3 aliphatic rings. The molecule has 3 fully saturated rings. The molecular formula is C18H32O6. The Balaban J connectivity index is 1.68. The lowest BCUT2D eigenvalue weighted by molar-refractivity contribution is -0.129. The molecule has 7 atom stereocenters. The number of ether oxygens (including phenoxy) is 6. The second-order valence-electron chi connectivity index (χ2n) is 8.05. The van der Waals surface area contributed by atoms with Gasteiger partial charge in [-0.25, -0.2) is 0 Å². The van der Waals surface area contributed by atoms with E-state index in [0.717, 1.165) is 0 Å². The summed E-state index contributed by atoms with van der Waals surface area (Å²) in [5.74, 6) is 0.894. The predicted molar refractivity (Wildman–Crippen MR) is 87.3 cm³/mol. The van der Waals surface area contributed by atoms with Gasteiger partial charge >= 0.3 is 0 Å². The molecule has 24 heavy (non-hydrogen) atoms. The molecule has 3 heterocycles. The molecule has 3 saturated heterocycles. The SMILES string of the molecule is CC(C)C1O[C@@H]([C@H]2CO[C@@H](C(C)C)O2)[C@@H]([C@@H]2CO[C@H](C(C)C)O2)O1. The van der Waals surface area contributed by atoms with Crippen molar-refractivity contribution in [2.24, 2.45) is 17.8 Å². The second kappa shape index (κ2) is 7.56. The Morgan fingerprint density at radius 2 is 0.917 bits per heavy atom. The molecule has 140 valence electrons. The van der Waals surface area contributed by atoms with E-state index < -0.39 is 0 Å². The summed E-state index contributed by atoms with van der Waals surface area (Å²) in [5, 5.41) is 0. The Bertz CT molecular complexity index is 378. The minimum atomic E-state index is -0.247. The van der Waals surface area contributed by atoms with Crippen LogP contribution in [0.5, 0.6) is 0 Å². The van der Waals surface area contributed by atoms with Gasteiger partial charge in [-0.2, -0.15) is 0 Å². The molecule has 0 aromatic heterocycles. The summed E-state index contributed by atoms with van der Waals surface area (Å²) >= 11 is 0. The van der Waals surface area contributed by atoms with Crippen LogP contribution >= 0.6 is 0 Å². The lowest BCUT2D eigenvalue weighted by Crippen LogP contribution is -2.44. The molecule has 6 heteroatoms. The smallest absolute Gasteiger partial charge is 0.161 e. The number of hydrogen-bond donors (Lipinski definition) is 0. The maximum atomic E-state index is 6.19. The van der Waals surface area contributed by atoms with Crippen LogP contribution in [0.25, 0.3) is 0 Å². The highest BCUT2D eigenvalue weighted by Gasteiger charge is 2.51. The molecule has 0 aromatic rings. The summed E-state index contributed by atoms with van der Waals surface area (Å²) in [6.45, 7) is 13.6. The summed E-state index contributed by atoms with van der Waals surface area (Å²) in [6, 6.07) is 0. The Labute approximate surface area is 145 Å². The zero-order chi connectivity index (χ0) is 17.4. The Morgan fingerprint density at radius 3 is 1.21 bits per heavy atom. The van der Waals surface area contributed by atoms with Crippen LogP contribution in [0.2, 0.25) is 0 Å². The highest BCUT2D eigenvalue weighted by molar-refractivity contribution is 4.93. The minimum Gasteiger partial charge on any atom is -0.350 e. The molecule has 0 saturated carbocycles. The zero-order valence-electron chi connectivity index (χ0n) is 15.6. The van der Waals surface area contributed by atoms with Gasteiger partial charge in [-0.3, -0.25) is 0 Å². The predicted octanol–water partition coefficient (Wildman–Crippen LogP) is 2.55. The third-order valence-electron chi connectivity index (χ3n) is 4.74. The molecule has 0 aromatic carbocycles. The van der Waals surface area contributed by atoms with Gasteiger partial charge in [0, 0.05) is 17.8 Å². The molecule has 6 nitrogen and oxygen atoms in total. The first-order chi connectivity index (χ1) is 11.4. The molecule has 3 aliphatic heterocycles. The van der Waals surface area contributed by atoms with Crippen LogP contribution in [0.3, 0.4) is 0 Å². The molecular weight excluding hydrogens is 312 g/mol. The standard InChI is InChI=1S/C18H32O6/c1-9(2)16-19-7-12(21-16)14-15(24-18(23-14)11(5)6)13-8-20-17(22-13)10(3)4/h9-18H,7-8H2,1-6H3/t12-,13+,14+,15-,16-,17+,18?. The molecule has 0 amide bonds. The van der Waals surface area contributed by atoms with Crippen LogP contribution in [0.1, 0.15) is 41.5 Å². The van der Waals surface area contributed by atoms with Crippen LogP contribution in [0, 0.1) is 17.8 Å². The van der Waals surface area contributed by atoms with Crippen molar-refractivity contribution in [2.45, 2.75) is 84.8 Å². The van der Waals surface area contributed by atoms with Gasteiger partial charge in [-0.15, -0.1) is 0 Å². The van der Waals surface area contributed by atoms with E-state index in [0.29, 0.717) is 25.0 Å². The van der Waals surface area contributed by atoms with Crippen LogP contribution in [-0.2, 0) is 28.4 Å². The van der Waals surface area contributed by atoms with Crippen molar-refractivity contribution in [2.75, 3.05) is 13.2 Å². The van der Waals surface area contributed by atoms with Crippen LogP contribution in [0.4, 0.5) is 0 Å². The fraction of sp³-hybridized carbons (Fsp3) is 1.00. The molecule has 0 spiro atoms. The summed E-state index contributed by atoms with van der Waals surface area (Å²) in [5.41, 5.74) is 0. The topological polar surface area (TPSA) is 55.4 Å². The first-order valence-corrected chi connectivity index (χ1v) is 9.21. The third kappa shape index (κ3) is 3.79. The molecule has 0 bridgehead atoms. The van der Waals surface area contributed by atoms with Gasteiger partial charge in [-0.1, -0.05) is 41.5 Å². The van der Waals surface area contributed by atoms with E-state index in [9.17, 15) is 0 Å². The van der Waals surface area contributed by atoms with Gasteiger partial charge in [0.2, 0.25) is 0 Å². The van der Waals surface area contributed by atoms with Gasteiger partial charge in [0.25, 0.3) is 0 Å². The maximum absolute atomic E-state index is 6.19. The van der Waals surface area contributed by atoms with Crippen molar-refractivity contribution in [1.29, 1.82) is 0 Å². The summed E-state index contributed by atoms with van der Waals surface area (Å²) in [7, 11) is 0. The van der Waals surface area contributed by atoms with E-state index in [1.165, 1.54) is 0 Å². The second-order valence-corrected chi connectivity index (χ2v) is 8.05. The Hall–Kier alpha value is -0.240. The van der Waals surface area contributed by atoms with Crippen LogP contribution < -0.4 is 0 Å². The van der Waals surface area contributed by atoms with Crippen molar-refractivity contribution in [1.82, 2.24) is 0 Å². The van der Waals surface area contributed by atoms with Crippen LogP contribution in [0.15, 0.2) is 0 Å². The third-order valence-corrected chi connectivity index (χ3v) is 4.74. The quantitative estimate of drug-likeness (QED) is 0.764. The van der Waals surface area contributed by atoms with E-state index in [-0.39, 0.29) is 49.2 Å². The van der Waals surface area contributed by atoms with Gasteiger partial charge in [0.15, 0.2) is 18.9 Å². The Morgan fingerprint density at radius 1 is 0.542 bits per heavy atom. The van der Waals surface area contributed by atoms with E-state index in [1.54, 1.807) is 0 Å². The van der Waals surface area contributed by atoms with Crippen molar-refractivity contribution in [3.05, 3.63) is 0 Å². The highest BCUT2D eigenvalue weighted by Crippen LogP contribution is 2.36. The average Bonchev–Trinajstić information content (AvgIpc) is 3.24. The maximum Gasteiger partial charge on any atom is 0.161 e. The summed E-state index contributed by atoms with van der Waals surface area (Å²) in [6.07, 6.45) is -1.26. The first kappa shape index (κ1) is 18.5. The van der Waals surface area contributed by atoms with E-state index in [4.69, 9.17) is 28.4 Å². The first-order valence-electron chi connectivity index (χ1n) is 9.21. The van der Waals surface area contributed by atoms with E-state index in [1.807, 2.05) is 0 Å². The lowest BCUT2D eigenvalue weighted by atomic mass is 10.0. The van der Waals surface area contributed by atoms with Crippen molar-refractivity contribution in [3.8, 4) is 0 Å². The van der Waals surface area contributed by atoms with Crippen molar-refractivity contribution >= 4 is 0 Å². The molecule has 0 radical (unpaired) electrons. The van der Waals surface area contributed by atoms with Crippen molar-refractivity contribution < 1.29 is 28.4 Å². The summed E-state index contributed by atoms with van der Waals surface area (Å²) in [4.78, 5) is 0. The van der Waals surface area contributed by atoms with Gasteiger partial charge < -0.3 is 28.4 Å². The molecule has 0 aliphatic carbocycles. The van der Waals surface area contributed by atoms with Gasteiger partial charge in [0.1, 0.15) is 24.4 Å². The monoisotopic (exact) mass is 344 g/mol. The molecule has 0 N–H and O–H groups in total. The van der Waals surface area contributed by atoms with Gasteiger partial charge in [-0.05, 0) is 0 Å². The largest absolute Gasteiger partial charge is 0.350 e.